The third-order valence-electron chi connectivity index (χ3n) is 14.8. The van der Waals surface area contributed by atoms with Crippen LogP contribution in [-0.4, -0.2) is 8.07 Å². The minimum atomic E-state index is -1.85. The smallest absolute Gasteiger partial charge is 0.117 e. The van der Waals surface area contributed by atoms with E-state index in [0.717, 1.165) is 0 Å². The first-order valence-electron chi connectivity index (χ1n) is 22.4. The second-order valence-corrected chi connectivity index (χ2v) is 23.8. The second-order valence-electron chi connectivity index (χ2n) is 19.4. The van der Waals surface area contributed by atoms with E-state index in [-0.39, 0.29) is 10.8 Å². The average molecular weight is 827 g/mol. The van der Waals surface area contributed by atoms with E-state index in [1.807, 2.05) is 0 Å². The van der Waals surface area contributed by atoms with E-state index in [2.05, 4.69) is 245 Å². The number of hydrogen-bond acceptors (Lipinski definition) is 2. The lowest BCUT2D eigenvalue weighted by Gasteiger charge is -2.41. The summed E-state index contributed by atoms with van der Waals surface area (Å²) < 4.78 is 0. The van der Waals surface area contributed by atoms with Gasteiger partial charge in [-0.3, -0.25) is 0 Å². The third kappa shape index (κ3) is 5.55. The lowest BCUT2D eigenvalue weighted by atomic mass is 9.81. The van der Waals surface area contributed by atoms with Gasteiger partial charge < -0.3 is 9.80 Å². The Kier molecular flexibility index (Phi) is 8.11. The molecule has 2 aliphatic heterocycles. The van der Waals surface area contributed by atoms with E-state index in [1.54, 1.807) is 0 Å². The van der Waals surface area contributed by atoms with E-state index in [4.69, 9.17) is 0 Å². The van der Waals surface area contributed by atoms with Crippen molar-refractivity contribution in [2.45, 2.75) is 51.6 Å². The molecule has 8 aromatic carbocycles. The highest BCUT2D eigenvalue weighted by molar-refractivity contribution is 7.02. The fourth-order valence-corrected chi connectivity index (χ4v) is 14.4. The quantitative estimate of drug-likeness (QED) is 0.129. The zero-order chi connectivity index (χ0) is 42.8. The Balaban J connectivity index is 0.850. The van der Waals surface area contributed by atoms with Crippen molar-refractivity contribution in [2.75, 3.05) is 9.80 Å². The molecule has 0 spiro atoms. The zero-order valence-electron chi connectivity index (χ0n) is 36.9. The molecule has 0 amide bonds. The molecule has 8 aromatic rings. The molecule has 3 heteroatoms. The number of nitrogens with zero attached hydrogens (tertiary/aromatic N) is 2. The highest BCUT2D eigenvalue weighted by Crippen LogP contribution is 2.53. The SMILES string of the molecule is CC1(C)c2cc(C=Cc3ccc4c(c3)C(C)(C)c3cc(N5c6ccccc6[Si](C)(C)c6ccccc65)ccc3-4)ccc2-c2ccc(N3c4ccccc4C=Cc4ccccc43)cc21. The van der Waals surface area contributed by atoms with Gasteiger partial charge in [0.25, 0.3) is 0 Å². The van der Waals surface area contributed by atoms with Crippen molar-refractivity contribution in [2.24, 2.45) is 0 Å². The molecule has 0 fully saturated rings. The van der Waals surface area contributed by atoms with Crippen LogP contribution in [0.3, 0.4) is 0 Å². The number of benzene rings is 8. The van der Waals surface area contributed by atoms with Crippen molar-refractivity contribution in [3.8, 4) is 22.3 Å². The van der Waals surface area contributed by atoms with Crippen molar-refractivity contribution >= 4 is 76.9 Å². The van der Waals surface area contributed by atoms with E-state index in [9.17, 15) is 0 Å². The first-order valence-corrected chi connectivity index (χ1v) is 25.4. The third-order valence-corrected chi connectivity index (χ3v) is 18.3. The summed E-state index contributed by atoms with van der Waals surface area (Å²) in [4.78, 5) is 4.94. The molecular formula is C60H50N2Si. The van der Waals surface area contributed by atoms with Crippen molar-refractivity contribution in [1.29, 1.82) is 0 Å². The molecule has 0 saturated heterocycles. The number of para-hydroxylation sites is 4. The van der Waals surface area contributed by atoms with Crippen molar-refractivity contribution < 1.29 is 0 Å². The van der Waals surface area contributed by atoms with Gasteiger partial charge in [0.1, 0.15) is 8.07 Å². The summed E-state index contributed by atoms with van der Waals surface area (Å²) in [5, 5.41) is 2.99. The summed E-state index contributed by atoms with van der Waals surface area (Å²) in [5.41, 5.74) is 22.9. The molecule has 304 valence electrons. The summed E-state index contributed by atoms with van der Waals surface area (Å²) in [5.74, 6) is 0. The normalized spacial score (nSPS) is 16.3. The van der Waals surface area contributed by atoms with Crippen molar-refractivity contribution in [3.05, 3.63) is 214 Å². The van der Waals surface area contributed by atoms with Crippen molar-refractivity contribution in [3.63, 3.8) is 0 Å². The summed E-state index contributed by atoms with van der Waals surface area (Å²) in [6, 6.07) is 64.0. The monoisotopic (exact) mass is 826 g/mol. The minimum absolute atomic E-state index is 0.149. The second kappa shape index (κ2) is 13.5. The fourth-order valence-electron chi connectivity index (χ4n) is 11.4. The van der Waals surface area contributed by atoms with Gasteiger partial charge in [0.15, 0.2) is 0 Å². The molecular weight excluding hydrogens is 777 g/mol. The van der Waals surface area contributed by atoms with Gasteiger partial charge in [-0.1, -0.05) is 186 Å². The number of anilines is 6. The van der Waals surface area contributed by atoms with E-state index < -0.39 is 8.07 Å². The minimum Gasteiger partial charge on any atom is -0.311 e. The summed E-state index contributed by atoms with van der Waals surface area (Å²) >= 11 is 0. The molecule has 2 aliphatic carbocycles. The van der Waals surface area contributed by atoms with Gasteiger partial charge in [-0.05, 0) is 126 Å². The maximum absolute atomic E-state index is 2.51. The predicted octanol–water partition coefficient (Wildman–Crippen LogP) is 15.0. The predicted molar refractivity (Wildman–Crippen MR) is 272 cm³/mol. The van der Waals surface area contributed by atoms with Gasteiger partial charge in [-0.2, -0.15) is 0 Å². The standard InChI is InChI=1S/C60H50N2Si/c1-59(2)49-35-39(25-31-45(49)47-33-29-43(37-51(47)59)61-53-17-9-7-15-41(53)27-28-42-16-8-10-18-54(42)61)23-24-40-26-32-46-48-34-30-44(38-52(48)60(3,4)50(46)36-40)62-55-19-11-13-21-57(55)63(5,6)58-22-14-12-20-56(58)62/h7-38H,1-6H3. The van der Waals surface area contributed by atoms with Crippen LogP contribution in [-0.2, 0) is 10.8 Å². The number of rotatable bonds is 4. The molecule has 63 heavy (non-hydrogen) atoms. The summed E-state index contributed by atoms with van der Waals surface area (Å²) in [6.07, 6.45) is 9.08. The van der Waals surface area contributed by atoms with Crippen LogP contribution in [0, 0.1) is 0 Å². The van der Waals surface area contributed by atoms with Crippen molar-refractivity contribution in [1.82, 2.24) is 0 Å². The first kappa shape index (κ1) is 37.8. The molecule has 0 atom stereocenters. The Morgan fingerprint density at radius 2 is 0.730 bits per heavy atom. The van der Waals surface area contributed by atoms with Crippen LogP contribution in [0.2, 0.25) is 13.1 Å². The van der Waals surface area contributed by atoms with Crippen LogP contribution < -0.4 is 20.2 Å². The largest absolute Gasteiger partial charge is 0.311 e. The van der Waals surface area contributed by atoms with Crippen LogP contribution in [0.5, 0.6) is 0 Å². The molecule has 0 radical (unpaired) electrons. The van der Waals surface area contributed by atoms with E-state index in [1.165, 1.54) is 111 Å². The maximum Gasteiger partial charge on any atom is 0.117 e. The van der Waals surface area contributed by atoms with Gasteiger partial charge in [-0.15, -0.1) is 0 Å². The Morgan fingerprint density at radius 3 is 1.17 bits per heavy atom. The summed E-state index contributed by atoms with van der Waals surface area (Å²) in [6.45, 7) is 14.6. The molecule has 0 aromatic heterocycles. The fraction of sp³-hybridized carbons (Fsp3) is 0.133. The maximum atomic E-state index is 2.51. The molecule has 0 saturated carbocycles. The Hall–Kier alpha value is -6.94. The first-order chi connectivity index (χ1) is 30.5. The molecule has 0 bridgehead atoms. The van der Waals surface area contributed by atoms with Crippen LogP contribution in [0.25, 0.3) is 46.6 Å². The highest BCUT2D eigenvalue weighted by Gasteiger charge is 2.41. The zero-order valence-corrected chi connectivity index (χ0v) is 37.9. The number of hydrogen-bond donors (Lipinski definition) is 0. The van der Waals surface area contributed by atoms with Gasteiger partial charge in [-0.25, -0.2) is 0 Å². The molecule has 12 rings (SSSR count). The molecule has 2 heterocycles. The molecule has 4 aliphatic rings. The molecule has 0 unspecified atom stereocenters. The lowest BCUT2D eigenvalue weighted by molar-refractivity contribution is 0.660. The van der Waals surface area contributed by atoms with Gasteiger partial charge in [0, 0.05) is 33.6 Å². The lowest BCUT2D eigenvalue weighted by Crippen LogP contribution is -2.58. The Morgan fingerprint density at radius 1 is 0.381 bits per heavy atom. The van der Waals surface area contributed by atoms with Crippen LogP contribution in [0.4, 0.5) is 34.1 Å². The topological polar surface area (TPSA) is 6.48 Å². The Labute approximate surface area is 373 Å². The summed E-state index contributed by atoms with van der Waals surface area (Å²) in [7, 11) is -1.85. The molecule has 2 nitrogen and oxygen atoms in total. The average Bonchev–Trinajstić information content (AvgIpc) is 3.56. The van der Waals surface area contributed by atoms with Gasteiger partial charge >= 0.3 is 0 Å². The van der Waals surface area contributed by atoms with Crippen LogP contribution >= 0.6 is 0 Å². The highest BCUT2D eigenvalue weighted by atomic mass is 28.3. The van der Waals surface area contributed by atoms with E-state index >= 15 is 0 Å². The number of fused-ring (bicyclic) bond motifs is 10. The van der Waals surface area contributed by atoms with Gasteiger partial charge in [0.2, 0.25) is 0 Å². The van der Waals surface area contributed by atoms with Crippen LogP contribution in [0.15, 0.2) is 170 Å². The van der Waals surface area contributed by atoms with Gasteiger partial charge in [0.05, 0.1) is 11.4 Å². The Bertz CT molecular complexity index is 3190. The molecule has 0 N–H and O–H groups in total. The van der Waals surface area contributed by atoms with E-state index in [0.29, 0.717) is 0 Å². The van der Waals surface area contributed by atoms with Crippen LogP contribution in [0.1, 0.15) is 72.2 Å².